The van der Waals surface area contributed by atoms with E-state index in [-0.39, 0.29) is 46.0 Å². The molecule has 0 radical (unpaired) electrons. The van der Waals surface area contributed by atoms with Gasteiger partial charge in [0.1, 0.15) is 85.4 Å². The minimum absolute atomic E-state index is 0.0769. The number of amides is 1. The molecule has 9 aliphatic rings. The quantitative estimate of drug-likeness (QED) is 0.0697. The highest BCUT2D eigenvalue weighted by Gasteiger charge is 2.70. The molecule has 8 fully saturated rings. The van der Waals surface area contributed by atoms with Gasteiger partial charge >= 0.3 is 5.97 Å². The predicted octanol–water partition coefficient (Wildman–Crippen LogP) is -0.613. The molecule has 22 nitrogen and oxygen atoms in total. The van der Waals surface area contributed by atoms with Crippen molar-refractivity contribution in [2.24, 2.45) is 50.2 Å². The van der Waals surface area contributed by atoms with E-state index >= 15 is 0 Å². The molecular weight excluding hydrogens is 999 g/mol. The molecule has 4 aliphatic heterocycles. The number of ether oxygens (including phenoxy) is 8. The first kappa shape index (κ1) is 58.6. The average molecular weight is 1090 g/mol. The molecule has 9 rings (SSSR count). The highest BCUT2D eigenvalue weighted by Crippen LogP contribution is 2.76. The van der Waals surface area contributed by atoms with Gasteiger partial charge in [-0.15, -0.1) is 0 Å². The van der Waals surface area contributed by atoms with Gasteiger partial charge in [-0.1, -0.05) is 60.1 Å². The van der Waals surface area contributed by atoms with Gasteiger partial charge < -0.3 is 99.4 Å². The second-order valence-corrected chi connectivity index (χ2v) is 26.2. The molecule has 4 saturated carbocycles. The first-order chi connectivity index (χ1) is 35.5. The molecule has 0 spiro atoms. The Bertz CT molecular complexity index is 2130. The zero-order valence-electron chi connectivity index (χ0n) is 45.2. The lowest BCUT2D eigenvalue weighted by molar-refractivity contribution is -0.352. The van der Waals surface area contributed by atoms with Gasteiger partial charge in [-0.05, 0) is 109 Å². The van der Waals surface area contributed by atoms with Gasteiger partial charge in [0.2, 0.25) is 12.2 Å². The fourth-order valence-corrected chi connectivity index (χ4v) is 16.3. The minimum Gasteiger partial charge on any atom is -0.432 e. The van der Waals surface area contributed by atoms with Gasteiger partial charge in [0.15, 0.2) is 18.9 Å². The number of fused-ring (bicyclic) bond motifs is 7. The summed E-state index contributed by atoms with van der Waals surface area (Å²) in [4.78, 5) is 27.4. The number of aliphatic hydroxyl groups is 11. The molecule has 26 unspecified atom stereocenters. The van der Waals surface area contributed by atoms with Gasteiger partial charge in [-0.2, -0.15) is 0 Å². The van der Waals surface area contributed by atoms with E-state index in [1.807, 2.05) is 0 Å². The summed E-state index contributed by atoms with van der Waals surface area (Å²) >= 11 is 0. The number of rotatable bonds is 11. The highest BCUT2D eigenvalue weighted by atomic mass is 16.8. The Balaban J connectivity index is 0.921. The topological polar surface area (TPSA) is 343 Å². The number of carbonyl (C=O) groups is 2. The minimum atomic E-state index is -1.73. The summed E-state index contributed by atoms with van der Waals surface area (Å²) < 4.78 is 47.9. The zero-order valence-corrected chi connectivity index (χ0v) is 45.2. The summed E-state index contributed by atoms with van der Waals surface area (Å²) in [5, 5.41) is 120. The molecule has 0 aromatic heterocycles. The van der Waals surface area contributed by atoms with Gasteiger partial charge in [0.05, 0.1) is 37.9 Å². The van der Waals surface area contributed by atoms with Gasteiger partial charge in [-0.3, -0.25) is 9.59 Å². The van der Waals surface area contributed by atoms with Crippen molar-refractivity contribution in [3.63, 3.8) is 0 Å². The maximum Gasteiger partial charge on any atom is 0.315 e. The van der Waals surface area contributed by atoms with E-state index in [0.717, 1.165) is 44.9 Å². The van der Waals surface area contributed by atoms with E-state index in [1.54, 1.807) is 0 Å². The molecule has 5 aliphatic carbocycles. The van der Waals surface area contributed by atoms with Crippen LogP contribution in [-0.2, 0) is 47.5 Å². The Labute approximate surface area is 444 Å². The Morgan fingerprint density at radius 1 is 0.658 bits per heavy atom. The second-order valence-electron chi connectivity index (χ2n) is 26.2. The number of aliphatic hydroxyl groups excluding tert-OH is 11. The summed E-state index contributed by atoms with van der Waals surface area (Å²) in [5.41, 5.74) is -0.829. The SMILES string of the molecule is CC(=O)NC1C(OC2CCC3(C)C(CCC4(C)C3CC=C3C5CC(C)(C)CCC5(C(=O)OC5OC(CO)C(O)C(O)C5O)CCC34C)C2(C)C)OC(COC2OCC(O)C(O)C2OC2OCC(O)C(O)C2O)C(O)C1O. The largest absolute Gasteiger partial charge is 0.432 e. The molecule has 26 atom stereocenters. The highest BCUT2D eigenvalue weighted by molar-refractivity contribution is 5.79. The van der Waals surface area contributed by atoms with Crippen LogP contribution in [0.1, 0.15) is 120 Å². The molecule has 434 valence electrons. The summed E-state index contributed by atoms with van der Waals surface area (Å²) in [6.45, 7) is 15.5. The molecule has 76 heavy (non-hydrogen) atoms. The lowest BCUT2D eigenvalue weighted by Gasteiger charge is -2.71. The molecule has 0 aromatic carbocycles. The molecule has 0 aromatic rings. The van der Waals surface area contributed by atoms with Crippen LogP contribution in [-0.4, -0.2) is 211 Å². The standard InChI is InChI=1S/C54H87NO21/c1-24(57)55-34-39(64)38(63)30(23-71-47-43(36(61)28(59)22-70-47)75-45-41(66)35(60)27(58)21-69-45)73-44(34)74-33-12-13-51(6)31(50(33,4)5)11-14-53(8)32(51)10-9-25-26-19-49(2,3)15-17-54(26,18-16-52(25,53)7)48(68)76-46-42(67)40(65)37(62)29(20-56)72-46/h9,26-47,56,58-67H,10-23H2,1-8H3,(H,55,57). The Hall–Kier alpha value is -2.04. The van der Waals surface area contributed by atoms with E-state index in [9.17, 15) is 65.8 Å². The zero-order chi connectivity index (χ0) is 55.4. The summed E-state index contributed by atoms with van der Waals surface area (Å²) in [7, 11) is 0. The van der Waals surface area contributed by atoms with Crippen molar-refractivity contribution in [1.29, 1.82) is 0 Å². The van der Waals surface area contributed by atoms with Crippen LogP contribution in [0, 0.1) is 50.2 Å². The Kier molecular flexibility index (Phi) is 16.5. The molecule has 1 amide bonds. The normalized spacial score (nSPS) is 51.9. The molecule has 22 heteroatoms. The number of esters is 1. The van der Waals surface area contributed by atoms with Crippen LogP contribution in [0.3, 0.4) is 0 Å². The van der Waals surface area contributed by atoms with E-state index in [2.05, 4.69) is 59.9 Å². The van der Waals surface area contributed by atoms with Crippen molar-refractivity contribution in [1.82, 2.24) is 5.32 Å². The Morgan fingerprint density at radius 3 is 1.97 bits per heavy atom. The van der Waals surface area contributed by atoms with E-state index < -0.39 is 159 Å². The van der Waals surface area contributed by atoms with Crippen LogP contribution >= 0.6 is 0 Å². The lowest BCUT2D eigenvalue weighted by Crippen LogP contribution is -2.67. The fraction of sp³-hybridized carbons (Fsp3) is 0.926. The van der Waals surface area contributed by atoms with Crippen LogP contribution < -0.4 is 5.32 Å². The third kappa shape index (κ3) is 9.83. The predicted molar refractivity (Wildman–Crippen MR) is 262 cm³/mol. The van der Waals surface area contributed by atoms with E-state index in [1.165, 1.54) is 12.5 Å². The third-order valence-electron chi connectivity index (χ3n) is 21.0. The van der Waals surface area contributed by atoms with Gasteiger partial charge in [0.25, 0.3) is 0 Å². The number of nitrogens with one attached hydrogen (secondary N) is 1. The monoisotopic (exact) mass is 1090 g/mol. The van der Waals surface area contributed by atoms with Crippen LogP contribution in [0.5, 0.6) is 0 Å². The van der Waals surface area contributed by atoms with Crippen molar-refractivity contribution in [2.45, 2.75) is 236 Å². The summed E-state index contributed by atoms with van der Waals surface area (Å²) in [5.74, 6) is -0.754. The summed E-state index contributed by atoms with van der Waals surface area (Å²) in [6.07, 6.45) is -16.5. The number of hydrogen-bond acceptors (Lipinski definition) is 21. The Morgan fingerprint density at radius 2 is 1.29 bits per heavy atom. The molecule has 0 bridgehead atoms. The van der Waals surface area contributed by atoms with Crippen molar-refractivity contribution in [3.8, 4) is 0 Å². The molecule has 12 N–H and O–H groups in total. The maximum absolute atomic E-state index is 14.8. The van der Waals surface area contributed by atoms with Crippen LogP contribution in [0.25, 0.3) is 0 Å². The van der Waals surface area contributed by atoms with Gasteiger partial charge in [-0.25, -0.2) is 0 Å². The molecular formula is C54H87NO21. The first-order valence-corrected chi connectivity index (χ1v) is 27.6. The van der Waals surface area contributed by atoms with Crippen molar-refractivity contribution in [2.75, 3.05) is 26.4 Å². The van der Waals surface area contributed by atoms with Crippen molar-refractivity contribution < 1.29 is 104 Å². The third-order valence-corrected chi connectivity index (χ3v) is 21.0. The van der Waals surface area contributed by atoms with Crippen LogP contribution in [0.2, 0.25) is 0 Å². The second kappa shape index (κ2) is 21.4. The lowest BCUT2D eigenvalue weighted by atomic mass is 9.33. The summed E-state index contributed by atoms with van der Waals surface area (Å²) in [6, 6.07) is -1.19. The fourth-order valence-electron chi connectivity index (χ4n) is 16.3. The van der Waals surface area contributed by atoms with Gasteiger partial charge in [0, 0.05) is 6.92 Å². The first-order valence-electron chi connectivity index (χ1n) is 27.6. The average Bonchev–Trinajstić information content (AvgIpc) is 3.43. The molecule has 4 heterocycles. The number of allylic oxidation sites excluding steroid dienone is 2. The van der Waals surface area contributed by atoms with E-state index in [4.69, 9.17) is 37.9 Å². The van der Waals surface area contributed by atoms with Crippen molar-refractivity contribution >= 4 is 11.9 Å². The van der Waals surface area contributed by atoms with E-state index in [0.29, 0.717) is 19.3 Å². The number of hydrogen-bond donors (Lipinski definition) is 12. The maximum atomic E-state index is 14.8. The van der Waals surface area contributed by atoms with Crippen LogP contribution in [0.4, 0.5) is 0 Å². The number of carbonyl (C=O) groups excluding carboxylic acids is 2. The smallest absolute Gasteiger partial charge is 0.315 e. The molecule has 4 saturated heterocycles. The van der Waals surface area contributed by atoms with Crippen molar-refractivity contribution in [3.05, 3.63) is 11.6 Å². The van der Waals surface area contributed by atoms with Crippen LogP contribution in [0.15, 0.2) is 11.6 Å².